The molecule has 1 amide bonds. The molecule has 0 spiro atoms. The Bertz CT molecular complexity index is 431. The van der Waals surface area contributed by atoms with Crippen molar-refractivity contribution in [3.05, 3.63) is 36.7 Å². The second-order valence-corrected chi connectivity index (χ2v) is 4.09. The van der Waals surface area contributed by atoms with Crippen molar-refractivity contribution < 1.29 is 9.53 Å². The fourth-order valence-corrected chi connectivity index (χ4v) is 2.11. The lowest BCUT2D eigenvalue weighted by atomic mass is 10.0. The molecule has 0 N–H and O–H groups in total. The van der Waals surface area contributed by atoms with Gasteiger partial charge < -0.3 is 9.64 Å². The van der Waals surface area contributed by atoms with Crippen molar-refractivity contribution in [1.29, 1.82) is 0 Å². The first-order chi connectivity index (χ1) is 8.24. The molecule has 0 bridgehead atoms. The van der Waals surface area contributed by atoms with E-state index in [4.69, 9.17) is 4.74 Å². The maximum absolute atomic E-state index is 11.5. The zero-order valence-corrected chi connectivity index (χ0v) is 9.93. The Hall–Kier alpha value is -1.84. The summed E-state index contributed by atoms with van der Waals surface area (Å²) < 4.78 is 5.17. The normalized spacial score (nSPS) is 19.1. The lowest BCUT2D eigenvalue weighted by Gasteiger charge is -2.14. The molecule has 1 saturated heterocycles. The minimum Gasteiger partial charge on any atom is -0.497 e. The Labute approximate surface area is 101 Å². The lowest BCUT2D eigenvalue weighted by Crippen LogP contribution is -2.26. The highest BCUT2D eigenvalue weighted by Gasteiger charge is 2.26. The molecule has 90 valence electrons. The number of pyridine rings is 1. The van der Waals surface area contributed by atoms with E-state index < -0.39 is 0 Å². The molecule has 1 fully saturated rings. The quantitative estimate of drug-likeness (QED) is 0.743. The molecule has 4 heteroatoms. The number of rotatable bonds is 3. The molecular weight excluding hydrogens is 216 g/mol. The van der Waals surface area contributed by atoms with E-state index in [0.29, 0.717) is 12.5 Å². The second-order valence-electron chi connectivity index (χ2n) is 4.09. The topological polar surface area (TPSA) is 42.4 Å². The highest BCUT2D eigenvalue weighted by atomic mass is 16.5. The van der Waals surface area contributed by atoms with Crippen LogP contribution in [0, 0.1) is 0 Å². The average Bonchev–Trinajstić information content (AvgIpc) is 2.87. The summed E-state index contributed by atoms with van der Waals surface area (Å²) in [7, 11) is 1.64. The average molecular weight is 232 g/mol. The molecule has 0 aromatic carbocycles. The molecule has 2 heterocycles. The number of methoxy groups -OCH3 is 1. The molecule has 1 atom stereocenters. The van der Waals surface area contributed by atoms with Crippen LogP contribution in [0.5, 0.6) is 5.75 Å². The summed E-state index contributed by atoms with van der Waals surface area (Å²) in [5.41, 5.74) is 0.990. The smallest absolute Gasteiger partial charge is 0.245 e. The molecule has 0 saturated carbocycles. The predicted octanol–water partition coefficient (Wildman–Crippen LogP) is 1.59. The van der Waals surface area contributed by atoms with Crippen LogP contribution in [0.2, 0.25) is 0 Å². The number of carbonyl (C=O) groups excluding carboxylic acids is 1. The van der Waals surface area contributed by atoms with E-state index in [1.165, 1.54) is 6.08 Å². The van der Waals surface area contributed by atoms with Gasteiger partial charge >= 0.3 is 0 Å². The van der Waals surface area contributed by atoms with Crippen LogP contribution in [-0.4, -0.2) is 36.0 Å². The maximum Gasteiger partial charge on any atom is 0.245 e. The number of hydrogen-bond acceptors (Lipinski definition) is 3. The number of hydrogen-bond donors (Lipinski definition) is 0. The standard InChI is InChI=1S/C13H16N2O2/c1-3-13(16)15-7-5-10(9-15)12-8-11(17-2)4-6-14-12/h3-4,6,8,10H,1,5,7,9H2,2H3. The van der Waals surface area contributed by atoms with Gasteiger partial charge in [0.05, 0.1) is 7.11 Å². The van der Waals surface area contributed by atoms with Gasteiger partial charge in [0.2, 0.25) is 5.91 Å². The summed E-state index contributed by atoms with van der Waals surface area (Å²) in [4.78, 5) is 17.6. The van der Waals surface area contributed by atoms with E-state index in [2.05, 4.69) is 11.6 Å². The van der Waals surface area contributed by atoms with Crippen molar-refractivity contribution in [2.75, 3.05) is 20.2 Å². The maximum atomic E-state index is 11.5. The number of amides is 1. The Balaban J connectivity index is 2.09. The van der Waals surface area contributed by atoms with Crippen molar-refractivity contribution in [2.45, 2.75) is 12.3 Å². The number of ether oxygens (including phenoxy) is 1. The van der Waals surface area contributed by atoms with Crippen LogP contribution in [0.3, 0.4) is 0 Å². The summed E-state index contributed by atoms with van der Waals surface area (Å²) in [5, 5.41) is 0. The van der Waals surface area contributed by atoms with Crippen molar-refractivity contribution in [3.63, 3.8) is 0 Å². The summed E-state index contributed by atoms with van der Waals surface area (Å²) >= 11 is 0. The Morgan fingerprint density at radius 2 is 2.53 bits per heavy atom. The molecule has 1 unspecified atom stereocenters. The van der Waals surface area contributed by atoms with Gasteiger partial charge in [0.25, 0.3) is 0 Å². The Morgan fingerprint density at radius 1 is 1.71 bits per heavy atom. The molecule has 2 rings (SSSR count). The van der Waals surface area contributed by atoms with Crippen LogP contribution in [-0.2, 0) is 4.79 Å². The molecule has 0 aliphatic carbocycles. The molecule has 4 nitrogen and oxygen atoms in total. The monoisotopic (exact) mass is 232 g/mol. The van der Waals surface area contributed by atoms with Gasteiger partial charge in [-0.2, -0.15) is 0 Å². The van der Waals surface area contributed by atoms with Crippen LogP contribution in [0.25, 0.3) is 0 Å². The molecule has 1 aromatic heterocycles. The highest BCUT2D eigenvalue weighted by molar-refractivity contribution is 5.87. The van der Waals surface area contributed by atoms with Gasteiger partial charge in [-0.05, 0) is 18.6 Å². The van der Waals surface area contributed by atoms with Gasteiger partial charge in [-0.1, -0.05) is 6.58 Å². The fraction of sp³-hybridized carbons (Fsp3) is 0.385. The zero-order chi connectivity index (χ0) is 12.3. The SMILES string of the molecule is C=CC(=O)N1CCC(c2cc(OC)ccn2)C1. The molecule has 0 radical (unpaired) electrons. The molecule has 17 heavy (non-hydrogen) atoms. The minimum absolute atomic E-state index is 0.00426. The first-order valence-electron chi connectivity index (χ1n) is 5.66. The first-order valence-corrected chi connectivity index (χ1v) is 5.66. The second kappa shape index (κ2) is 4.99. The number of likely N-dealkylation sites (tertiary alicyclic amines) is 1. The van der Waals surface area contributed by atoms with Gasteiger partial charge in [-0.15, -0.1) is 0 Å². The Morgan fingerprint density at radius 3 is 3.24 bits per heavy atom. The van der Waals surface area contributed by atoms with E-state index in [1.54, 1.807) is 18.2 Å². The summed E-state index contributed by atoms with van der Waals surface area (Å²) in [6.45, 7) is 4.99. The van der Waals surface area contributed by atoms with E-state index >= 15 is 0 Å². The van der Waals surface area contributed by atoms with Crippen LogP contribution in [0.15, 0.2) is 31.0 Å². The van der Waals surface area contributed by atoms with Crippen LogP contribution >= 0.6 is 0 Å². The largest absolute Gasteiger partial charge is 0.497 e. The fourth-order valence-electron chi connectivity index (χ4n) is 2.11. The van der Waals surface area contributed by atoms with E-state index in [-0.39, 0.29) is 5.91 Å². The number of carbonyl (C=O) groups is 1. The van der Waals surface area contributed by atoms with Crippen LogP contribution in [0.4, 0.5) is 0 Å². The van der Waals surface area contributed by atoms with Gasteiger partial charge in [0.1, 0.15) is 5.75 Å². The lowest BCUT2D eigenvalue weighted by molar-refractivity contribution is -0.125. The van der Waals surface area contributed by atoms with E-state index in [0.717, 1.165) is 24.4 Å². The van der Waals surface area contributed by atoms with E-state index in [9.17, 15) is 4.79 Å². The van der Waals surface area contributed by atoms with Gasteiger partial charge in [0.15, 0.2) is 0 Å². The minimum atomic E-state index is -0.00426. The first kappa shape index (κ1) is 11.6. The number of aromatic nitrogens is 1. The van der Waals surface area contributed by atoms with Gasteiger partial charge in [0, 0.05) is 37.0 Å². The molecular formula is C13H16N2O2. The third-order valence-corrected chi connectivity index (χ3v) is 3.08. The van der Waals surface area contributed by atoms with Crippen molar-refractivity contribution in [2.24, 2.45) is 0 Å². The third kappa shape index (κ3) is 2.46. The summed E-state index contributed by atoms with van der Waals surface area (Å²) in [6, 6.07) is 3.76. The van der Waals surface area contributed by atoms with Crippen molar-refractivity contribution >= 4 is 5.91 Å². The van der Waals surface area contributed by atoms with Crippen LogP contribution in [0.1, 0.15) is 18.0 Å². The van der Waals surface area contributed by atoms with E-state index in [1.807, 2.05) is 12.1 Å². The predicted molar refractivity (Wildman–Crippen MR) is 64.9 cm³/mol. The summed E-state index contributed by atoms with van der Waals surface area (Å²) in [6.07, 6.45) is 4.05. The summed E-state index contributed by atoms with van der Waals surface area (Å²) in [5.74, 6) is 1.10. The molecule has 1 aromatic rings. The molecule has 1 aliphatic heterocycles. The van der Waals surface area contributed by atoms with Crippen molar-refractivity contribution in [3.8, 4) is 5.75 Å². The number of nitrogens with zero attached hydrogens (tertiary/aromatic N) is 2. The Kier molecular flexibility index (Phi) is 3.42. The highest BCUT2D eigenvalue weighted by Crippen LogP contribution is 2.27. The van der Waals surface area contributed by atoms with Crippen molar-refractivity contribution in [1.82, 2.24) is 9.88 Å². The van der Waals surface area contributed by atoms with Gasteiger partial charge in [-0.3, -0.25) is 9.78 Å². The van der Waals surface area contributed by atoms with Crippen LogP contribution < -0.4 is 4.74 Å². The molecule has 1 aliphatic rings. The zero-order valence-electron chi connectivity index (χ0n) is 9.93. The third-order valence-electron chi connectivity index (χ3n) is 3.08. The van der Waals surface area contributed by atoms with Gasteiger partial charge in [-0.25, -0.2) is 0 Å².